The van der Waals surface area contributed by atoms with Gasteiger partial charge in [-0.1, -0.05) is 30.3 Å². The zero-order chi connectivity index (χ0) is 17.6. The summed E-state index contributed by atoms with van der Waals surface area (Å²) in [6, 6.07) is 8.82. The summed E-state index contributed by atoms with van der Waals surface area (Å²) in [4.78, 5) is 12.1. The van der Waals surface area contributed by atoms with Crippen molar-refractivity contribution in [2.45, 2.75) is 30.6 Å². The smallest absolute Gasteiger partial charge is 0.167 e. The Labute approximate surface area is 142 Å². The topological polar surface area (TPSA) is 140 Å². The predicted molar refractivity (Wildman–Crippen MR) is 87.1 cm³/mol. The van der Waals surface area contributed by atoms with Crippen LogP contribution in [0.3, 0.4) is 0 Å². The standard InChI is InChI=1S/C16H17N5O4/c17-14-9-15(19-6-18-14)21(7-20-9)16-12(24)11(23)13(25-16)10(22)8-4-2-1-3-5-8/h1-7,10-13,16,22-24H,(H2,17,18,19)/t10-,11+,12-,13-,16-/m1/s1. The van der Waals surface area contributed by atoms with Gasteiger partial charge in [-0.3, -0.25) is 4.57 Å². The summed E-state index contributed by atoms with van der Waals surface area (Å²) in [5.74, 6) is 0.206. The lowest BCUT2D eigenvalue weighted by Gasteiger charge is -2.21. The van der Waals surface area contributed by atoms with Crippen LogP contribution in [0.1, 0.15) is 17.9 Å². The van der Waals surface area contributed by atoms with Crippen LogP contribution in [0.2, 0.25) is 0 Å². The van der Waals surface area contributed by atoms with Crippen LogP contribution >= 0.6 is 0 Å². The Balaban J connectivity index is 1.67. The molecule has 4 rings (SSSR count). The predicted octanol–water partition coefficient (Wildman–Crippen LogP) is -0.239. The van der Waals surface area contributed by atoms with E-state index in [1.54, 1.807) is 24.3 Å². The van der Waals surface area contributed by atoms with Crippen LogP contribution in [-0.4, -0.2) is 53.2 Å². The van der Waals surface area contributed by atoms with Crippen molar-refractivity contribution in [3.8, 4) is 0 Å². The number of imidazole rings is 1. The lowest BCUT2D eigenvalue weighted by Crippen LogP contribution is -2.34. The molecular formula is C16H17N5O4. The summed E-state index contributed by atoms with van der Waals surface area (Å²) in [6.07, 6.45) is -2.91. The Bertz CT molecular complexity index is 887. The molecule has 1 aliphatic rings. The van der Waals surface area contributed by atoms with Gasteiger partial charge < -0.3 is 25.8 Å². The van der Waals surface area contributed by atoms with E-state index in [-0.39, 0.29) is 5.82 Å². The number of rotatable bonds is 3. The minimum atomic E-state index is -1.28. The molecule has 0 radical (unpaired) electrons. The Hall–Kier alpha value is -2.59. The van der Waals surface area contributed by atoms with Crippen molar-refractivity contribution < 1.29 is 20.1 Å². The summed E-state index contributed by atoms with van der Waals surface area (Å²) in [5.41, 5.74) is 7.10. The maximum absolute atomic E-state index is 10.5. The zero-order valence-corrected chi connectivity index (χ0v) is 13.0. The number of fused-ring (bicyclic) bond motifs is 1. The average molecular weight is 343 g/mol. The van der Waals surface area contributed by atoms with Gasteiger partial charge in [0, 0.05) is 0 Å². The molecule has 0 spiro atoms. The van der Waals surface area contributed by atoms with Gasteiger partial charge >= 0.3 is 0 Å². The molecular weight excluding hydrogens is 326 g/mol. The van der Waals surface area contributed by atoms with Crippen molar-refractivity contribution in [2.24, 2.45) is 0 Å². The Morgan fingerprint density at radius 1 is 1.08 bits per heavy atom. The molecule has 1 saturated heterocycles. The van der Waals surface area contributed by atoms with Crippen molar-refractivity contribution >= 4 is 17.0 Å². The minimum Gasteiger partial charge on any atom is -0.387 e. The van der Waals surface area contributed by atoms with E-state index in [1.165, 1.54) is 17.2 Å². The highest BCUT2D eigenvalue weighted by Crippen LogP contribution is 2.37. The van der Waals surface area contributed by atoms with Crippen molar-refractivity contribution in [3.63, 3.8) is 0 Å². The first kappa shape index (κ1) is 15.9. The molecule has 2 aromatic heterocycles. The van der Waals surface area contributed by atoms with Crippen molar-refractivity contribution in [3.05, 3.63) is 48.5 Å². The maximum atomic E-state index is 10.5. The summed E-state index contributed by atoms with van der Waals surface area (Å²) in [5, 5.41) is 31.3. The van der Waals surface area contributed by atoms with Crippen LogP contribution in [0.5, 0.6) is 0 Å². The van der Waals surface area contributed by atoms with E-state index in [0.717, 1.165) is 0 Å². The second kappa shape index (κ2) is 6.05. The molecule has 1 aromatic carbocycles. The molecule has 5 atom stereocenters. The largest absolute Gasteiger partial charge is 0.387 e. The molecule has 5 N–H and O–H groups in total. The van der Waals surface area contributed by atoms with Gasteiger partial charge in [0.15, 0.2) is 17.7 Å². The summed E-state index contributed by atoms with van der Waals surface area (Å²) in [7, 11) is 0. The SMILES string of the molecule is Nc1ncnc2c1ncn2[C@@H]1O[C@H]([C@H](O)c2ccccc2)[C@@H](O)[C@H]1O. The third-order valence-electron chi connectivity index (χ3n) is 4.39. The summed E-state index contributed by atoms with van der Waals surface area (Å²) >= 11 is 0. The number of aromatic nitrogens is 4. The third-order valence-corrected chi connectivity index (χ3v) is 4.39. The van der Waals surface area contributed by atoms with E-state index in [2.05, 4.69) is 15.0 Å². The van der Waals surface area contributed by atoms with Gasteiger partial charge in [0.1, 0.15) is 36.3 Å². The van der Waals surface area contributed by atoms with Crippen molar-refractivity contribution in [1.82, 2.24) is 19.5 Å². The van der Waals surface area contributed by atoms with Gasteiger partial charge in [0.25, 0.3) is 0 Å². The van der Waals surface area contributed by atoms with Crippen LogP contribution in [0, 0.1) is 0 Å². The van der Waals surface area contributed by atoms with Crippen LogP contribution in [0.25, 0.3) is 11.2 Å². The Kier molecular flexibility index (Phi) is 3.85. The molecule has 130 valence electrons. The summed E-state index contributed by atoms with van der Waals surface area (Å²) in [6.45, 7) is 0. The van der Waals surface area contributed by atoms with E-state index in [1.807, 2.05) is 6.07 Å². The number of ether oxygens (including phenoxy) is 1. The lowest BCUT2D eigenvalue weighted by atomic mass is 9.99. The first-order valence-electron chi connectivity index (χ1n) is 7.75. The van der Waals surface area contributed by atoms with Gasteiger partial charge in [0.2, 0.25) is 0 Å². The Morgan fingerprint density at radius 3 is 2.60 bits per heavy atom. The third kappa shape index (κ3) is 2.53. The number of nitrogens with two attached hydrogens (primary N) is 1. The van der Waals surface area contributed by atoms with Crippen LogP contribution < -0.4 is 5.73 Å². The fourth-order valence-corrected chi connectivity index (χ4v) is 3.07. The molecule has 0 aliphatic carbocycles. The second-order valence-electron chi connectivity index (χ2n) is 5.91. The highest BCUT2D eigenvalue weighted by molar-refractivity contribution is 5.81. The van der Waals surface area contributed by atoms with Gasteiger partial charge in [-0.05, 0) is 5.56 Å². The van der Waals surface area contributed by atoms with Crippen molar-refractivity contribution in [2.75, 3.05) is 5.73 Å². The maximum Gasteiger partial charge on any atom is 0.167 e. The molecule has 0 bridgehead atoms. The molecule has 0 saturated carbocycles. The summed E-state index contributed by atoms with van der Waals surface area (Å²) < 4.78 is 7.24. The van der Waals surface area contributed by atoms with E-state index >= 15 is 0 Å². The molecule has 3 heterocycles. The minimum absolute atomic E-state index is 0.206. The fraction of sp³-hybridized carbons (Fsp3) is 0.312. The number of hydrogen-bond donors (Lipinski definition) is 4. The van der Waals surface area contributed by atoms with E-state index in [9.17, 15) is 15.3 Å². The van der Waals surface area contributed by atoms with E-state index < -0.39 is 30.6 Å². The molecule has 25 heavy (non-hydrogen) atoms. The molecule has 3 aromatic rings. The van der Waals surface area contributed by atoms with Gasteiger partial charge in [-0.15, -0.1) is 0 Å². The molecule has 9 heteroatoms. The van der Waals surface area contributed by atoms with Gasteiger partial charge in [-0.25, -0.2) is 15.0 Å². The van der Waals surface area contributed by atoms with Gasteiger partial charge in [0.05, 0.1) is 6.33 Å². The zero-order valence-electron chi connectivity index (χ0n) is 13.0. The number of benzene rings is 1. The molecule has 1 fully saturated rings. The number of nitrogens with zero attached hydrogens (tertiary/aromatic N) is 4. The molecule has 9 nitrogen and oxygen atoms in total. The average Bonchev–Trinajstić information content (AvgIpc) is 3.18. The van der Waals surface area contributed by atoms with E-state index in [0.29, 0.717) is 16.7 Å². The number of anilines is 1. The number of aliphatic hydroxyl groups is 3. The van der Waals surface area contributed by atoms with Crippen LogP contribution in [0.4, 0.5) is 5.82 Å². The molecule has 0 unspecified atom stereocenters. The van der Waals surface area contributed by atoms with E-state index in [4.69, 9.17) is 10.5 Å². The Morgan fingerprint density at radius 2 is 1.84 bits per heavy atom. The first-order valence-corrected chi connectivity index (χ1v) is 7.75. The van der Waals surface area contributed by atoms with Crippen molar-refractivity contribution in [1.29, 1.82) is 0 Å². The normalized spacial score (nSPS) is 27.6. The fourth-order valence-electron chi connectivity index (χ4n) is 3.07. The molecule has 1 aliphatic heterocycles. The van der Waals surface area contributed by atoms with Crippen LogP contribution in [-0.2, 0) is 4.74 Å². The number of nitrogen functional groups attached to an aromatic ring is 1. The highest BCUT2D eigenvalue weighted by Gasteiger charge is 2.47. The number of aliphatic hydroxyl groups excluding tert-OH is 3. The second-order valence-corrected chi connectivity index (χ2v) is 5.91. The number of hydrogen-bond acceptors (Lipinski definition) is 8. The van der Waals surface area contributed by atoms with Gasteiger partial charge in [-0.2, -0.15) is 0 Å². The molecule has 0 amide bonds. The highest BCUT2D eigenvalue weighted by atomic mass is 16.6. The van der Waals surface area contributed by atoms with Crippen LogP contribution in [0.15, 0.2) is 43.0 Å². The lowest BCUT2D eigenvalue weighted by molar-refractivity contribution is -0.0849. The first-order chi connectivity index (χ1) is 12.1. The quantitative estimate of drug-likeness (QED) is 0.511. The monoisotopic (exact) mass is 343 g/mol.